The van der Waals surface area contributed by atoms with Crippen LogP contribution < -0.4 is 4.72 Å². The molecule has 0 spiro atoms. The van der Waals surface area contributed by atoms with Gasteiger partial charge in [-0.1, -0.05) is 29.8 Å². The Hall–Kier alpha value is -1.17. The summed E-state index contributed by atoms with van der Waals surface area (Å²) >= 11 is 0. The number of unbranched alkanes of at least 4 members (excludes halogenated alkanes) is 1. The molecule has 1 aromatic carbocycles. The molecule has 0 aromatic heterocycles. The Kier molecular flexibility index (Phi) is 6.04. The summed E-state index contributed by atoms with van der Waals surface area (Å²) in [5, 5.41) is 8.52. The smallest absolute Gasteiger partial charge is 0.240 e. The lowest BCUT2D eigenvalue weighted by Gasteiger charge is -2.06. The summed E-state index contributed by atoms with van der Waals surface area (Å²) < 4.78 is 26.3. The first kappa shape index (κ1) is 14.9. The first-order chi connectivity index (χ1) is 8.56. The summed E-state index contributed by atoms with van der Waals surface area (Å²) in [6.07, 6.45) is 4.94. The predicted molar refractivity (Wildman–Crippen MR) is 71.8 cm³/mol. The van der Waals surface area contributed by atoms with Crippen molar-refractivity contribution < 1.29 is 13.5 Å². The van der Waals surface area contributed by atoms with Crippen LogP contribution in [-0.4, -0.2) is 26.7 Å². The highest BCUT2D eigenvalue weighted by atomic mass is 32.2. The van der Waals surface area contributed by atoms with Gasteiger partial charge >= 0.3 is 0 Å². The quantitative estimate of drug-likeness (QED) is 0.583. The molecule has 0 bridgehead atoms. The molecule has 0 unspecified atom stereocenters. The largest absolute Gasteiger partial charge is 0.392 e. The molecule has 1 rings (SSSR count). The van der Waals surface area contributed by atoms with Gasteiger partial charge in [0.25, 0.3) is 0 Å². The molecule has 0 fully saturated rings. The SMILES string of the molecule is Cc1ccc(S(=O)(=O)NCCCC=CCO)cc1. The van der Waals surface area contributed by atoms with Gasteiger partial charge in [0.2, 0.25) is 10.0 Å². The molecule has 4 nitrogen and oxygen atoms in total. The van der Waals surface area contributed by atoms with Crippen molar-refractivity contribution in [3.05, 3.63) is 42.0 Å². The standard InChI is InChI=1S/C13H19NO3S/c1-12-6-8-13(9-7-12)18(16,17)14-10-4-2-3-5-11-15/h3,5-9,14-15H,2,4,10-11H2,1H3. The van der Waals surface area contributed by atoms with Gasteiger partial charge in [-0.3, -0.25) is 0 Å². The summed E-state index contributed by atoms with van der Waals surface area (Å²) in [6, 6.07) is 6.75. The molecular formula is C13H19NO3S. The van der Waals surface area contributed by atoms with Crippen LogP contribution in [0.25, 0.3) is 0 Å². The second kappa shape index (κ2) is 7.31. The van der Waals surface area contributed by atoms with Gasteiger partial charge in [0.05, 0.1) is 11.5 Å². The van der Waals surface area contributed by atoms with E-state index >= 15 is 0 Å². The molecular weight excluding hydrogens is 250 g/mol. The van der Waals surface area contributed by atoms with Crippen molar-refractivity contribution in [3.8, 4) is 0 Å². The molecule has 0 aliphatic carbocycles. The van der Waals surface area contributed by atoms with Crippen LogP contribution in [0.15, 0.2) is 41.3 Å². The van der Waals surface area contributed by atoms with Crippen LogP contribution in [0.1, 0.15) is 18.4 Å². The fraction of sp³-hybridized carbons (Fsp3) is 0.385. The van der Waals surface area contributed by atoms with Gasteiger partial charge in [-0.25, -0.2) is 13.1 Å². The summed E-state index contributed by atoms with van der Waals surface area (Å²) in [4.78, 5) is 0.291. The van der Waals surface area contributed by atoms with E-state index in [0.717, 1.165) is 12.0 Å². The topological polar surface area (TPSA) is 66.4 Å². The van der Waals surface area contributed by atoms with E-state index in [1.165, 1.54) is 0 Å². The van der Waals surface area contributed by atoms with Crippen LogP contribution in [0.2, 0.25) is 0 Å². The molecule has 0 amide bonds. The Balaban J connectivity index is 2.45. The molecule has 0 aliphatic heterocycles. The highest BCUT2D eigenvalue weighted by Crippen LogP contribution is 2.09. The van der Waals surface area contributed by atoms with Crippen molar-refractivity contribution in [2.24, 2.45) is 0 Å². The van der Waals surface area contributed by atoms with Gasteiger partial charge in [0.15, 0.2) is 0 Å². The summed E-state index contributed by atoms with van der Waals surface area (Å²) in [7, 11) is -3.39. The van der Waals surface area contributed by atoms with Gasteiger partial charge in [0.1, 0.15) is 0 Å². The zero-order chi connectivity index (χ0) is 13.4. The monoisotopic (exact) mass is 269 g/mol. The van der Waals surface area contributed by atoms with Crippen molar-refractivity contribution in [3.63, 3.8) is 0 Å². The maximum Gasteiger partial charge on any atom is 0.240 e. The Morgan fingerprint density at radius 2 is 1.89 bits per heavy atom. The van der Waals surface area contributed by atoms with Crippen molar-refractivity contribution in [2.75, 3.05) is 13.2 Å². The highest BCUT2D eigenvalue weighted by molar-refractivity contribution is 7.89. The number of aliphatic hydroxyl groups is 1. The minimum atomic E-state index is -3.39. The predicted octanol–water partition coefficient (Wildman–Crippen LogP) is 1.60. The van der Waals surface area contributed by atoms with Crippen LogP contribution in [0.4, 0.5) is 0 Å². The van der Waals surface area contributed by atoms with Gasteiger partial charge in [-0.15, -0.1) is 0 Å². The molecule has 0 saturated carbocycles. The van der Waals surface area contributed by atoms with E-state index in [1.807, 2.05) is 13.0 Å². The molecule has 0 aliphatic rings. The van der Waals surface area contributed by atoms with Gasteiger partial charge < -0.3 is 5.11 Å². The molecule has 1 aromatic rings. The number of allylic oxidation sites excluding steroid dienone is 1. The van der Waals surface area contributed by atoms with Crippen molar-refractivity contribution in [2.45, 2.75) is 24.7 Å². The molecule has 0 radical (unpaired) electrons. The molecule has 0 saturated heterocycles. The average Bonchev–Trinajstić information content (AvgIpc) is 2.34. The zero-order valence-corrected chi connectivity index (χ0v) is 11.3. The summed E-state index contributed by atoms with van der Waals surface area (Å²) in [5.74, 6) is 0. The number of hydrogen-bond acceptors (Lipinski definition) is 3. The summed E-state index contributed by atoms with van der Waals surface area (Å²) in [5.41, 5.74) is 1.03. The molecule has 18 heavy (non-hydrogen) atoms. The third kappa shape index (κ3) is 5.00. The molecule has 0 heterocycles. The third-order valence-electron chi connectivity index (χ3n) is 2.44. The molecule has 100 valence electrons. The van der Waals surface area contributed by atoms with E-state index in [-0.39, 0.29) is 6.61 Å². The maximum atomic E-state index is 11.9. The Labute approximate surface area is 108 Å². The van der Waals surface area contributed by atoms with E-state index in [0.29, 0.717) is 17.9 Å². The lowest BCUT2D eigenvalue weighted by Crippen LogP contribution is -2.24. The molecule has 2 N–H and O–H groups in total. The van der Waals surface area contributed by atoms with Gasteiger partial charge in [0, 0.05) is 6.54 Å². The first-order valence-electron chi connectivity index (χ1n) is 5.88. The second-order valence-electron chi connectivity index (χ2n) is 4.01. The van der Waals surface area contributed by atoms with E-state index in [9.17, 15) is 8.42 Å². The number of nitrogens with one attached hydrogen (secondary N) is 1. The number of rotatable bonds is 7. The Morgan fingerprint density at radius 3 is 2.50 bits per heavy atom. The van der Waals surface area contributed by atoms with Gasteiger partial charge in [-0.05, 0) is 31.9 Å². The van der Waals surface area contributed by atoms with E-state index in [1.54, 1.807) is 30.3 Å². The van der Waals surface area contributed by atoms with Crippen molar-refractivity contribution >= 4 is 10.0 Å². The Bertz CT molecular complexity index is 477. The molecule has 5 heteroatoms. The number of sulfonamides is 1. The Morgan fingerprint density at radius 1 is 1.22 bits per heavy atom. The van der Waals surface area contributed by atoms with Crippen LogP contribution >= 0.6 is 0 Å². The van der Waals surface area contributed by atoms with Crippen LogP contribution in [0.5, 0.6) is 0 Å². The summed E-state index contributed by atoms with van der Waals surface area (Å²) in [6.45, 7) is 2.33. The van der Waals surface area contributed by atoms with Crippen LogP contribution in [0, 0.1) is 6.92 Å². The molecule has 0 atom stereocenters. The van der Waals surface area contributed by atoms with Gasteiger partial charge in [-0.2, -0.15) is 0 Å². The first-order valence-corrected chi connectivity index (χ1v) is 7.37. The maximum absolute atomic E-state index is 11.9. The minimum absolute atomic E-state index is 0.0229. The fourth-order valence-corrected chi connectivity index (χ4v) is 2.49. The highest BCUT2D eigenvalue weighted by Gasteiger charge is 2.11. The normalized spacial score (nSPS) is 12.1. The van der Waals surface area contributed by atoms with Crippen molar-refractivity contribution in [1.82, 2.24) is 4.72 Å². The van der Waals surface area contributed by atoms with Crippen LogP contribution in [0.3, 0.4) is 0 Å². The third-order valence-corrected chi connectivity index (χ3v) is 3.92. The average molecular weight is 269 g/mol. The second-order valence-corrected chi connectivity index (χ2v) is 5.77. The zero-order valence-electron chi connectivity index (χ0n) is 10.5. The van der Waals surface area contributed by atoms with E-state index in [4.69, 9.17) is 5.11 Å². The van der Waals surface area contributed by atoms with Crippen LogP contribution in [-0.2, 0) is 10.0 Å². The number of aliphatic hydroxyl groups excluding tert-OH is 1. The van der Waals surface area contributed by atoms with Crippen molar-refractivity contribution in [1.29, 1.82) is 0 Å². The lowest BCUT2D eigenvalue weighted by atomic mass is 10.2. The number of benzene rings is 1. The number of hydrogen-bond donors (Lipinski definition) is 2. The fourth-order valence-electron chi connectivity index (χ4n) is 1.42. The number of aryl methyl sites for hydroxylation is 1. The van der Waals surface area contributed by atoms with E-state index < -0.39 is 10.0 Å². The minimum Gasteiger partial charge on any atom is -0.392 e. The lowest BCUT2D eigenvalue weighted by molar-refractivity contribution is 0.342. The van der Waals surface area contributed by atoms with E-state index in [2.05, 4.69) is 4.72 Å².